The highest BCUT2D eigenvalue weighted by Crippen LogP contribution is 2.59. The zero-order valence-corrected chi connectivity index (χ0v) is 13.9. The average molecular weight is 327 g/mol. The lowest BCUT2D eigenvalue weighted by Gasteiger charge is -2.56. The summed E-state index contributed by atoms with van der Waals surface area (Å²) in [4.78, 5) is 24.2. The quantitative estimate of drug-likeness (QED) is 0.746. The van der Waals surface area contributed by atoms with Crippen LogP contribution in [-0.4, -0.2) is 18.5 Å². The van der Waals surface area contributed by atoms with Gasteiger partial charge in [0.05, 0.1) is 0 Å². The topological polar surface area (TPSA) is 84.2 Å². The Hall–Kier alpha value is -2.04. The molecule has 5 heteroatoms. The first-order valence-corrected chi connectivity index (χ1v) is 8.96. The molecular formula is C19H25N3O2. The van der Waals surface area contributed by atoms with Crippen LogP contribution in [0.1, 0.15) is 48.9 Å². The van der Waals surface area contributed by atoms with Crippen molar-refractivity contribution in [3.8, 4) is 0 Å². The molecule has 1 aromatic carbocycles. The zero-order chi connectivity index (χ0) is 16.7. The molecule has 0 spiro atoms. The van der Waals surface area contributed by atoms with Gasteiger partial charge >= 0.3 is 6.03 Å². The standard InChI is InChI=1S/C19H25N3O2/c20-16-3-1-15(2-4-16)17(23)22-18(24)21-11-19-8-12-5-13(9-19)7-14(6-12)10-19/h1-4,12-14H,5-11,20H2,(H2,21,22,23,24). The second kappa shape index (κ2) is 5.80. The summed E-state index contributed by atoms with van der Waals surface area (Å²) in [6, 6.07) is 6.16. The van der Waals surface area contributed by atoms with E-state index >= 15 is 0 Å². The van der Waals surface area contributed by atoms with Gasteiger partial charge in [0.1, 0.15) is 0 Å². The van der Waals surface area contributed by atoms with Gasteiger partial charge in [-0.05, 0) is 86.0 Å². The van der Waals surface area contributed by atoms with E-state index in [4.69, 9.17) is 5.73 Å². The number of hydrogen-bond donors (Lipinski definition) is 3. The van der Waals surface area contributed by atoms with Gasteiger partial charge in [-0.1, -0.05) is 0 Å². The smallest absolute Gasteiger partial charge is 0.321 e. The lowest BCUT2D eigenvalue weighted by Crippen LogP contribution is -2.52. The van der Waals surface area contributed by atoms with Gasteiger partial charge in [-0.2, -0.15) is 0 Å². The Kier molecular flexibility index (Phi) is 3.74. The molecule has 5 rings (SSSR count). The van der Waals surface area contributed by atoms with Crippen molar-refractivity contribution in [1.29, 1.82) is 0 Å². The number of amides is 3. The number of hydrogen-bond acceptors (Lipinski definition) is 3. The maximum absolute atomic E-state index is 12.1. The summed E-state index contributed by atoms with van der Waals surface area (Å²) >= 11 is 0. The van der Waals surface area contributed by atoms with E-state index in [1.807, 2.05) is 0 Å². The lowest BCUT2D eigenvalue weighted by atomic mass is 9.49. The fraction of sp³-hybridized carbons (Fsp3) is 0.579. The monoisotopic (exact) mass is 327 g/mol. The van der Waals surface area contributed by atoms with E-state index < -0.39 is 11.9 Å². The molecule has 128 valence electrons. The van der Waals surface area contributed by atoms with Crippen molar-refractivity contribution >= 4 is 17.6 Å². The number of rotatable bonds is 3. The van der Waals surface area contributed by atoms with Gasteiger partial charge in [0.15, 0.2) is 0 Å². The molecule has 0 atom stereocenters. The minimum atomic E-state index is -0.396. The molecule has 4 aliphatic rings. The third-order valence-electron chi connectivity index (χ3n) is 6.19. The second-order valence-electron chi connectivity index (χ2n) is 8.18. The Morgan fingerprint density at radius 2 is 1.54 bits per heavy atom. The third kappa shape index (κ3) is 2.99. The van der Waals surface area contributed by atoms with E-state index in [2.05, 4.69) is 10.6 Å². The summed E-state index contributed by atoms with van der Waals surface area (Å²) in [5.41, 5.74) is 6.92. The van der Waals surface area contributed by atoms with Gasteiger partial charge in [0, 0.05) is 17.8 Å². The van der Waals surface area contributed by atoms with Crippen molar-refractivity contribution < 1.29 is 9.59 Å². The third-order valence-corrected chi connectivity index (χ3v) is 6.19. The maximum Gasteiger partial charge on any atom is 0.321 e. The summed E-state index contributed by atoms with van der Waals surface area (Å²) in [6.45, 7) is 0.692. The van der Waals surface area contributed by atoms with Crippen molar-refractivity contribution in [3.05, 3.63) is 29.8 Å². The van der Waals surface area contributed by atoms with Crippen LogP contribution in [0.2, 0.25) is 0 Å². The molecule has 0 saturated heterocycles. The van der Waals surface area contributed by atoms with Crippen LogP contribution < -0.4 is 16.4 Å². The van der Waals surface area contributed by atoms with Crippen molar-refractivity contribution in [1.82, 2.24) is 10.6 Å². The van der Waals surface area contributed by atoms with Crippen LogP contribution in [0.25, 0.3) is 0 Å². The molecule has 3 amide bonds. The maximum atomic E-state index is 12.1. The summed E-state index contributed by atoms with van der Waals surface area (Å²) in [5, 5.41) is 5.37. The molecule has 24 heavy (non-hydrogen) atoms. The van der Waals surface area contributed by atoms with Crippen LogP contribution in [0.4, 0.5) is 10.5 Å². The zero-order valence-electron chi connectivity index (χ0n) is 13.9. The average Bonchev–Trinajstić information content (AvgIpc) is 2.52. The van der Waals surface area contributed by atoms with Gasteiger partial charge in [-0.25, -0.2) is 4.79 Å². The Morgan fingerprint density at radius 3 is 2.08 bits per heavy atom. The molecule has 4 bridgehead atoms. The van der Waals surface area contributed by atoms with Gasteiger partial charge in [0.2, 0.25) is 0 Å². The highest BCUT2D eigenvalue weighted by molar-refractivity contribution is 6.04. The van der Waals surface area contributed by atoms with Gasteiger partial charge in [-0.15, -0.1) is 0 Å². The van der Waals surface area contributed by atoms with Crippen LogP contribution >= 0.6 is 0 Å². The van der Waals surface area contributed by atoms with Crippen LogP contribution in [0.3, 0.4) is 0 Å². The number of carbonyl (C=O) groups excluding carboxylic acids is 2. The first-order chi connectivity index (χ1) is 11.5. The van der Waals surface area contributed by atoms with Crippen molar-refractivity contribution in [2.75, 3.05) is 12.3 Å². The van der Waals surface area contributed by atoms with Gasteiger partial charge < -0.3 is 11.1 Å². The van der Waals surface area contributed by atoms with E-state index in [0.717, 1.165) is 17.8 Å². The van der Waals surface area contributed by atoms with Crippen molar-refractivity contribution in [2.24, 2.45) is 23.2 Å². The fourth-order valence-electron chi connectivity index (χ4n) is 5.63. The molecule has 0 aliphatic heterocycles. The minimum absolute atomic E-state index is 0.274. The SMILES string of the molecule is Nc1ccc(C(=O)NC(=O)NCC23CC4CC(CC(C4)C2)C3)cc1. The van der Waals surface area contributed by atoms with E-state index in [1.165, 1.54) is 38.5 Å². The number of nitrogens with one attached hydrogen (secondary N) is 2. The Bertz CT molecular complexity index is 618. The number of nitrogen functional groups attached to an aromatic ring is 1. The lowest BCUT2D eigenvalue weighted by molar-refractivity contribution is -0.0498. The molecule has 4 fully saturated rings. The highest BCUT2D eigenvalue weighted by Gasteiger charge is 2.50. The minimum Gasteiger partial charge on any atom is -0.399 e. The van der Waals surface area contributed by atoms with Crippen molar-refractivity contribution in [3.63, 3.8) is 0 Å². The van der Waals surface area contributed by atoms with Crippen molar-refractivity contribution in [2.45, 2.75) is 38.5 Å². The first kappa shape index (κ1) is 15.5. The summed E-state index contributed by atoms with van der Waals surface area (Å²) in [5.74, 6) is 2.19. The molecule has 0 heterocycles. The Labute approximate surface area is 142 Å². The van der Waals surface area contributed by atoms with Gasteiger partial charge in [0.25, 0.3) is 5.91 Å². The molecule has 0 aromatic heterocycles. The Balaban J connectivity index is 1.32. The molecule has 5 nitrogen and oxygen atoms in total. The molecule has 1 aromatic rings. The number of anilines is 1. The molecular weight excluding hydrogens is 302 g/mol. The summed E-state index contributed by atoms with van der Waals surface area (Å²) in [6.07, 6.45) is 7.89. The van der Waals surface area contributed by atoms with Crippen LogP contribution in [0, 0.1) is 23.2 Å². The number of benzene rings is 1. The van der Waals surface area contributed by atoms with E-state index in [1.54, 1.807) is 24.3 Å². The van der Waals surface area contributed by atoms with Gasteiger partial charge in [-0.3, -0.25) is 10.1 Å². The fourth-order valence-corrected chi connectivity index (χ4v) is 5.63. The summed E-state index contributed by atoms with van der Waals surface area (Å²) in [7, 11) is 0. The number of imide groups is 1. The predicted molar refractivity (Wildman–Crippen MR) is 92.3 cm³/mol. The molecule has 4 saturated carbocycles. The molecule has 4 N–H and O–H groups in total. The normalized spacial score (nSPS) is 33.2. The van der Waals surface area contributed by atoms with E-state index in [-0.39, 0.29) is 5.41 Å². The number of nitrogens with two attached hydrogens (primary N) is 1. The first-order valence-electron chi connectivity index (χ1n) is 8.96. The Morgan fingerprint density at radius 1 is 1.00 bits per heavy atom. The summed E-state index contributed by atoms with van der Waals surface area (Å²) < 4.78 is 0. The predicted octanol–water partition coefficient (Wildman–Crippen LogP) is 2.92. The highest BCUT2D eigenvalue weighted by atomic mass is 16.2. The van der Waals surface area contributed by atoms with Crippen LogP contribution in [0.5, 0.6) is 0 Å². The number of urea groups is 1. The van der Waals surface area contributed by atoms with E-state index in [9.17, 15) is 9.59 Å². The molecule has 0 radical (unpaired) electrons. The molecule has 4 aliphatic carbocycles. The molecule has 0 unspecified atom stereocenters. The number of carbonyl (C=O) groups is 2. The van der Waals surface area contributed by atoms with E-state index in [0.29, 0.717) is 17.8 Å². The van der Waals surface area contributed by atoms with Crippen LogP contribution in [0.15, 0.2) is 24.3 Å². The largest absolute Gasteiger partial charge is 0.399 e. The second-order valence-corrected chi connectivity index (χ2v) is 8.18. The van der Waals surface area contributed by atoms with Crippen LogP contribution in [-0.2, 0) is 0 Å².